The van der Waals surface area contributed by atoms with Crippen molar-refractivity contribution in [1.82, 2.24) is 5.32 Å². The number of fused-ring (bicyclic) bond motifs is 1. The predicted octanol–water partition coefficient (Wildman–Crippen LogP) is 1.71. The number of ether oxygens (including phenoxy) is 2. The minimum Gasteiger partial charge on any atom is -0.380 e. The summed E-state index contributed by atoms with van der Waals surface area (Å²) in [5.41, 5.74) is 0.263. The summed E-state index contributed by atoms with van der Waals surface area (Å²) in [7, 11) is 0. The summed E-state index contributed by atoms with van der Waals surface area (Å²) in [5.74, 6) is 0.839. The van der Waals surface area contributed by atoms with Crippen molar-refractivity contribution in [3.05, 3.63) is 0 Å². The van der Waals surface area contributed by atoms with E-state index in [2.05, 4.69) is 12.2 Å². The van der Waals surface area contributed by atoms with E-state index < -0.39 is 0 Å². The van der Waals surface area contributed by atoms with E-state index in [1.165, 1.54) is 25.7 Å². The molecule has 3 fully saturated rings. The van der Waals surface area contributed by atoms with Crippen LogP contribution in [0.25, 0.3) is 0 Å². The lowest BCUT2D eigenvalue weighted by Gasteiger charge is -2.50. The van der Waals surface area contributed by atoms with Crippen LogP contribution in [0.1, 0.15) is 39.0 Å². The standard InChI is InChI=1S/C13H23NO2/c1-10-3-2-5-13(7-10)9-16-12-4-6-15-8-11(12)14-13/h10-12,14H,2-9H2,1H3. The van der Waals surface area contributed by atoms with Crippen molar-refractivity contribution in [3.8, 4) is 0 Å². The van der Waals surface area contributed by atoms with E-state index in [0.717, 1.165) is 32.2 Å². The van der Waals surface area contributed by atoms with Gasteiger partial charge in [-0.25, -0.2) is 0 Å². The molecule has 3 nitrogen and oxygen atoms in total. The fraction of sp³-hybridized carbons (Fsp3) is 1.00. The Labute approximate surface area is 97.9 Å². The van der Waals surface area contributed by atoms with Crippen LogP contribution in [0, 0.1) is 5.92 Å². The van der Waals surface area contributed by atoms with Crippen molar-refractivity contribution in [2.45, 2.75) is 56.7 Å². The lowest BCUT2D eigenvalue weighted by atomic mass is 9.75. The Morgan fingerprint density at radius 1 is 1.31 bits per heavy atom. The lowest BCUT2D eigenvalue weighted by Crippen LogP contribution is -2.66. The van der Waals surface area contributed by atoms with Gasteiger partial charge >= 0.3 is 0 Å². The number of rotatable bonds is 0. The molecule has 0 aromatic heterocycles. The third kappa shape index (κ3) is 2.01. The minimum absolute atomic E-state index is 0.263. The highest BCUT2D eigenvalue weighted by molar-refractivity contribution is 5.00. The van der Waals surface area contributed by atoms with Crippen LogP contribution >= 0.6 is 0 Å². The third-order valence-corrected chi connectivity index (χ3v) is 4.45. The summed E-state index contributed by atoms with van der Waals surface area (Å²) in [6, 6.07) is 0.438. The Morgan fingerprint density at radius 2 is 2.25 bits per heavy atom. The summed E-state index contributed by atoms with van der Waals surface area (Å²) >= 11 is 0. The van der Waals surface area contributed by atoms with Crippen LogP contribution in [0.2, 0.25) is 0 Å². The predicted molar refractivity (Wildman–Crippen MR) is 62.5 cm³/mol. The molecule has 0 radical (unpaired) electrons. The van der Waals surface area contributed by atoms with Gasteiger partial charge in [-0.05, 0) is 25.2 Å². The number of hydrogen-bond acceptors (Lipinski definition) is 3. The molecule has 0 aromatic carbocycles. The molecule has 4 atom stereocenters. The van der Waals surface area contributed by atoms with Gasteiger partial charge in [0.2, 0.25) is 0 Å². The quantitative estimate of drug-likeness (QED) is 0.681. The monoisotopic (exact) mass is 225 g/mol. The van der Waals surface area contributed by atoms with E-state index in [1.807, 2.05) is 0 Å². The van der Waals surface area contributed by atoms with E-state index in [0.29, 0.717) is 12.1 Å². The van der Waals surface area contributed by atoms with Gasteiger partial charge in [-0.1, -0.05) is 19.8 Å². The second-order valence-electron chi connectivity index (χ2n) is 5.95. The van der Waals surface area contributed by atoms with Gasteiger partial charge in [-0.15, -0.1) is 0 Å². The Kier molecular flexibility index (Phi) is 2.94. The van der Waals surface area contributed by atoms with Crippen LogP contribution in [0.4, 0.5) is 0 Å². The van der Waals surface area contributed by atoms with Gasteiger partial charge < -0.3 is 14.8 Å². The van der Waals surface area contributed by atoms with Crippen molar-refractivity contribution in [2.24, 2.45) is 5.92 Å². The molecule has 2 heterocycles. The zero-order chi connectivity index (χ0) is 11.0. The number of hydrogen-bond donors (Lipinski definition) is 1. The molecular formula is C13H23NO2. The fourth-order valence-corrected chi connectivity index (χ4v) is 3.68. The minimum atomic E-state index is 0.263. The largest absolute Gasteiger partial charge is 0.380 e. The molecule has 16 heavy (non-hydrogen) atoms. The van der Waals surface area contributed by atoms with Gasteiger partial charge in [0.05, 0.1) is 25.4 Å². The highest BCUT2D eigenvalue weighted by Gasteiger charge is 2.43. The first-order valence-corrected chi connectivity index (χ1v) is 6.74. The lowest BCUT2D eigenvalue weighted by molar-refractivity contribution is -0.126. The van der Waals surface area contributed by atoms with Gasteiger partial charge in [-0.3, -0.25) is 0 Å². The van der Waals surface area contributed by atoms with E-state index in [-0.39, 0.29) is 5.54 Å². The second kappa shape index (κ2) is 4.28. The molecule has 3 aliphatic rings. The third-order valence-electron chi connectivity index (χ3n) is 4.45. The molecule has 1 N–H and O–H groups in total. The number of morpholine rings is 1. The maximum atomic E-state index is 6.08. The highest BCUT2D eigenvalue weighted by Crippen LogP contribution is 2.36. The van der Waals surface area contributed by atoms with Gasteiger partial charge in [0.25, 0.3) is 0 Å². The molecule has 0 amide bonds. The van der Waals surface area contributed by atoms with Crippen molar-refractivity contribution in [1.29, 1.82) is 0 Å². The van der Waals surface area contributed by atoms with E-state index in [9.17, 15) is 0 Å². The van der Waals surface area contributed by atoms with Crippen LogP contribution in [-0.4, -0.2) is 37.5 Å². The Hall–Kier alpha value is -0.120. The summed E-state index contributed by atoms with van der Waals surface area (Å²) in [6.07, 6.45) is 6.74. The van der Waals surface area contributed by atoms with Crippen LogP contribution in [0.5, 0.6) is 0 Å². The van der Waals surface area contributed by atoms with Crippen LogP contribution in [0.3, 0.4) is 0 Å². The smallest absolute Gasteiger partial charge is 0.0773 e. The molecule has 1 spiro atoms. The first kappa shape index (κ1) is 11.0. The van der Waals surface area contributed by atoms with Crippen LogP contribution < -0.4 is 5.32 Å². The van der Waals surface area contributed by atoms with Crippen LogP contribution in [-0.2, 0) is 9.47 Å². The topological polar surface area (TPSA) is 30.5 Å². The van der Waals surface area contributed by atoms with Gasteiger partial charge in [0, 0.05) is 12.1 Å². The molecule has 3 heteroatoms. The average Bonchev–Trinajstić information content (AvgIpc) is 2.28. The summed E-state index contributed by atoms with van der Waals surface area (Å²) in [5, 5.41) is 3.85. The maximum Gasteiger partial charge on any atom is 0.0773 e. The maximum absolute atomic E-state index is 6.08. The van der Waals surface area contributed by atoms with Gasteiger partial charge in [0.1, 0.15) is 0 Å². The Bertz CT molecular complexity index is 258. The first-order chi connectivity index (χ1) is 7.77. The summed E-state index contributed by atoms with van der Waals surface area (Å²) < 4.78 is 11.6. The summed E-state index contributed by atoms with van der Waals surface area (Å²) in [4.78, 5) is 0. The zero-order valence-corrected chi connectivity index (χ0v) is 10.2. The molecule has 2 saturated heterocycles. The second-order valence-corrected chi connectivity index (χ2v) is 5.95. The molecule has 0 bridgehead atoms. The molecule has 92 valence electrons. The highest BCUT2D eigenvalue weighted by atomic mass is 16.5. The normalized spacial score (nSPS) is 48.9. The van der Waals surface area contributed by atoms with Crippen molar-refractivity contribution in [3.63, 3.8) is 0 Å². The average molecular weight is 225 g/mol. The van der Waals surface area contributed by atoms with Crippen molar-refractivity contribution < 1.29 is 9.47 Å². The fourth-order valence-electron chi connectivity index (χ4n) is 3.68. The molecule has 0 aromatic rings. The zero-order valence-electron chi connectivity index (χ0n) is 10.2. The van der Waals surface area contributed by atoms with E-state index in [1.54, 1.807) is 0 Å². The molecule has 4 unspecified atom stereocenters. The SMILES string of the molecule is CC1CCCC2(COC3CCOCC3N2)C1. The number of nitrogens with one attached hydrogen (secondary N) is 1. The molecule has 2 aliphatic heterocycles. The first-order valence-electron chi connectivity index (χ1n) is 6.74. The molecule has 1 aliphatic carbocycles. The molecule has 3 rings (SSSR count). The van der Waals surface area contributed by atoms with Crippen LogP contribution in [0.15, 0.2) is 0 Å². The van der Waals surface area contributed by atoms with Gasteiger partial charge in [-0.2, -0.15) is 0 Å². The van der Waals surface area contributed by atoms with Crippen molar-refractivity contribution >= 4 is 0 Å². The van der Waals surface area contributed by atoms with Gasteiger partial charge in [0.15, 0.2) is 0 Å². The Balaban J connectivity index is 1.68. The summed E-state index contributed by atoms with van der Waals surface area (Å²) in [6.45, 7) is 4.98. The van der Waals surface area contributed by atoms with E-state index in [4.69, 9.17) is 9.47 Å². The van der Waals surface area contributed by atoms with E-state index >= 15 is 0 Å². The molecular weight excluding hydrogens is 202 g/mol. The van der Waals surface area contributed by atoms with Crippen molar-refractivity contribution in [2.75, 3.05) is 19.8 Å². The molecule has 1 saturated carbocycles. The Morgan fingerprint density at radius 3 is 3.12 bits per heavy atom.